The summed E-state index contributed by atoms with van der Waals surface area (Å²) >= 11 is 0. The summed E-state index contributed by atoms with van der Waals surface area (Å²) in [4.78, 5) is 3.85. The largest absolute Gasteiger partial charge is 0.390 e. The predicted octanol–water partition coefficient (Wildman–Crippen LogP) is 2.26. The molecule has 1 aromatic heterocycles. The minimum Gasteiger partial charge on any atom is -0.357 e. The molecular weight excluding hydrogens is 372 g/mol. The monoisotopic (exact) mass is 390 g/mol. The van der Waals surface area contributed by atoms with E-state index in [0.717, 1.165) is 5.56 Å². The van der Waals surface area contributed by atoms with Gasteiger partial charge >= 0.3 is 6.18 Å². The van der Waals surface area contributed by atoms with E-state index in [2.05, 4.69) is 15.6 Å². The second kappa shape index (κ2) is 8.28. The maximum absolute atomic E-state index is 12.0. The molecule has 0 radical (unpaired) electrons. The lowest BCUT2D eigenvalue weighted by atomic mass is 10.3. The number of hydrogen-bond acceptors (Lipinski definition) is 1. The molecule has 0 fully saturated rings. The molecule has 110 valence electrons. The molecule has 0 saturated carbocycles. The molecule has 0 aliphatic rings. The van der Waals surface area contributed by atoms with Crippen LogP contribution in [0.1, 0.15) is 12.0 Å². The molecule has 0 aliphatic carbocycles. The van der Waals surface area contributed by atoms with Crippen molar-refractivity contribution >= 4 is 29.9 Å². The first-order chi connectivity index (χ1) is 8.40. The molecule has 4 nitrogen and oxygen atoms in total. The Hall–Kier alpha value is -0.930. The number of hydrogen-bond donors (Lipinski definition) is 2. The Bertz CT molecular complexity index is 401. The molecule has 1 aromatic rings. The zero-order valence-electron chi connectivity index (χ0n) is 10.8. The number of nitrogens with one attached hydrogen (secondary N) is 2. The summed E-state index contributed by atoms with van der Waals surface area (Å²) in [5.74, 6) is 0.364. The Labute approximate surface area is 127 Å². The number of nitrogens with zero attached hydrogens (tertiary/aromatic N) is 2. The lowest BCUT2D eigenvalue weighted by Gasteiger charge is -2.12. The van der Waals surface area contributed by atoms with Crippen molar-refractivity contribution in [3.8, 4) is 0 Å². The Balaban J connectivity index is 0.00000324. The quantitative estimate of drug-likeness (QED) is 0.471. The highest BCUT2D eigenvalue weighted by atomic mass is 127. The van der Waals surface area contributed by atoms with Gasteiger partial charge in [0.15, 0.2) is 5.96 Å². The first-order valence-electron chi connectivity index (χ1n) is 5.53. The molecule has 1 heterocycles. The van der Waals surface area contributed by atoms with Crippen LogP contribution in [0.15, 0.2) is 23.5 Å². The summed E-state index contributed by atoms with van der Waals surface area (Å²) in [6.07, 6.45) is -1.20. The lowest BCUT2D eigenvalue weighted by Crippen LogP contribution is -2.38. The van der Waals surface area contributed by atoms with E-state index in [1.54, 1.807) is 0 Å². The highest BCUT2D eigenvalue weighted by molar-refractivity contribution is 14.0. The van der Waals surface area contributed by atoms with Crippen LogP contribution in [-0.4, -0.2) is 30.3 Å². The van der Waals surface area contributed by atoms with E-state index in [9.17, 15) is 13.2 Å². The number of aryl methyl sites for hydroxylation is 1. The van der Waals surface area contributed by atoms with Gasteiger partial charge in [-0.25, -0.2) is 0 Å². The van der Waals surface area contributed by atoms with Crippen LogP contribution in [0.3, 0.4) is 0 Å². The zero-order chi connectivity index (χ0) is 13.6. The molecular formula is C11H18F3IN4. The average molecular weight is 390 g/mol. The molecule has 0 aliphatic heterocycles. The SMILES string of the molecule is CN=C(NCCC(F)(F)F)NCc1ccn(C)c1.I. The lowest BCUT2D eigenvalue weighted by molar-refractivity contribution is -0.132. The summed E-state index contributed by atoms with van der Waals surface area (Å²) in [5.41, 5.74) is 1.04. The Morgan fingerprint density at radius 2 is 2.05 bits per heavy atom. The van der Waals surface area contributed by atoms with E-state index < -0.39 is 12.6 Å². The fraction of sp³-hybridized carbons (Fsp3) is 0.545. The van der Waals surface area contributed by atoms with E-state index in [4.69, 9.17) is 0 Å². The maximum Gasteiger partial charge on any atom is 0.390 e. The van der Waals surface area contributed by atoms with E-state index in [-0.39, 0.29) is 30.5 Å². The minimum atomic E-state index is -4.15. The van der Waals surface area contributed by atoms with Crippen molar-refractivity contribution in [2.45, 2.75) is 19.1 Å². The first kappa shape index (κ1) is 18.1. The summed E-state index contributed by atoms with van der Waals surface area (Å²) < 4.78 is 37.8. The molecule has 8 heteroatoms. The van der Waals surface area contributed by atoms with Gasteiger partial charge in [0.25, 0.3) is 0 Å². The van der Waals surface area contributed by atoms with Gasteiger partial charge in [0.05, 0.1) is 6.42 Å². The van der Waals surface area contributed by atoms with E-state index >= 15 is 0 Å². The predicted molar refractivity (Wildman–Crippen MR) is 79.7 cm³/mol. The van der Waals surface area contributed by atoms with E-state index in [1.165, 1.54) is 7.05 Å². The molecule has 0 bridgehead atoms. The van der Waals surface area contributed by atoms with Crippen LogP contribution in [-0.2, 0) is 13.6 Å². The summed E-state index contributed by atoms with van der Waals surface area (Å²) in [6, 6.07) is 1.93. The van der Waals surface area contributed by atoms with E-state index in [0.29, 0.717) is 12.5 Å². The van der Waals surface area contributed by atoms with Gasteiger partial charge in [0.1, 0.15) is 0 Å². The van der Waals surface area contributed by atoms with Gasteiger partial charge in [-0.2, -0.15) is 13.2 Å². The zero-order valence-corrected chi connectivity index (χ0v) is 13.1. The number of rotatable bonds is 4. The maximum atomic E-state index is 12.0. The van der Waals surface area contributed by atoms with Gasteiger partial charge in [-0.1, -0.05) is 0 Å². The van der Waals surface area contributed by atoms with Crippen molar-refractivity contribution in [2.24, 2.45) is 12.0 Å². The Morgan fingerprint density at radius 3 is 2.53 bits per heavy atom. The van der Waals surface area contributed by atoms with Crippen LogP contribution in [0.4, 0.5) is 13.2 Å². The van der Waals surface area contributed by atoms with E-state index in [1.807, 2.05) is 30.1 Å². The highest BCUT2D eigenvalue weighted by Crippen LogP contribution is 2.17. The van der Waals surface area contributed by atoms with Gasteiger partial charge in [-0.15, -0.1) is 24.0 Å². The van der Waals surface area contributed by atoms with Crippen LogP contribution in [0, 0.1) is 0 Å². The molecule has 0 spiro atoms. The summed E-state index contributed by atoms with van der Waals surface area (Å²) in [5, 5.41) is 5.56. The Kier molecular flexibility index (Phi) is 7.88. The first-order valence-corrected chi connectivity index (χ1v) is 5.53. The molecule has 0 aromatic carbocycles. The third kappa shape index (κ3) is 7.96. The van der Waals surface area contributed by atoms with Crippen molar-refractivity contribution in [1.29, 1.82) is 0 Å². The number of guanidine groups is 1. The van der Waals surface area contributed by atoms with Crippen LogP contribution in [0.25, 0.3) is 0 Å². The summed E-state index contributed by atoms with van der Waals surface area (Å²) in [7, 11) is 3.42. The second-order valence-electron chi connectivity index (χ2n) is 3.90. The molecule has 19 heavy (non-hydrogen) atoms. The number of halogens is 4. The fourth-order valence-corrected chi connectivity index (χ4v) is 1.39. The van der Waals surface area contributed by atoms with Crippen molar-refractivity contribution in [3.63, 3.8) is 0 Å². The molecule has 0 saturated heterocycles. The minimum absolute atomic E-state index is 0. The third-order valence-electron chi connectivity index (χ3n) is 2.28. The Morgan fingerprint density at radius 1 is 1.37 bits per heavy atom. The second-order valence-corrected chi connectivity index (χ2v) is 3.90. The molecule has 1 rings (SSSR count). The van der Waals surface area contributed by atoms with Crippen molar-refractivity contribution in [2.75, 3.05) is 13.6 Å². The van der Waals surface area contributed by atoms with Crippen LogP contribution >= 0.6 is 24.0 Å². The van der Waals surface area contributed by atoms with Crippen molar-refractivity contribution in [1.82, 2.24) is 15.2 Å². The van der Waals surface area contributed by atoms with Gasteiger partial charge in [0, 0.05) is 39.6 Å². The molecule has 0 unspecified atom stereocenters. The smallest absolute Gasteiger partial charge is 0.357 e. The number of alkyl halides is 3. The molecule has 0 amide bonds. The molecule has 0 atom stereocenters. The number of aromatic nitrogens is 1. The molecule has 2 N–H and O–H groups in total. The van der Waals surface area contributed by atoms with Crippen molar-refractivity contribution < 1.29 is 13.2 Å². The van der Waals surface area contributed by atoms with Crippen LogP contribution in [0.5, 0.6) is 0 Å². The topological polar surface area (TPSA) is 41.4 Å². The van der Waals surface area contributed by atoms with Gasteiger partial charge in [-0.05, 0) is 11.6 Å². The van der Waals surface area contributed by atoms with Gasteiger partial charge < -0.3 is 15.2 Å². The fourth-order valence-electron chi connectivity index (χ4n) is 1.39. The van der Waals surface area contributed by atoms with Crippen LogP contribution in [0.2, 0.25) is 0 Å². The van der Waals surface area contributed by atoms with Gasteiger partial charge in [-0.3, -0.25) is 4.99 Å². The third-order valence-corrected chi connectivity index (χ3v) is 2.28. The highest BCUT2D eigenvalue weighted by Gasteiger charge is 2.26. The van der Waals surface area contributed by atoms with Crippen LogP contribution < -0.4 is 10.6 Å². The van der Waals surface area contributed by atoms with Gasteiger partial charge in [0.2, 0.25) is 0 Å². The normalized spacial score (nSPS) is 11.9. The van der Waals surface area contributed by atoms with Crippen molar-refractivity contribution in [3.05, 3.63) is 24.0 Å². The standard InChI is InChI=1S/C11H17F3N4.HI/c1-15-10(16-5-4-11(12,13)14)17-7-9-3-6-18(2)8-9;/h3,6,8H,4-5,7H2,1-2H3,(H2,15,16,17);1H. The average Bonchev–Trinajstić information content (AvgIpc) is 2.67. The summed E-state index contributed by atoms with van der Waals surface area (Å²) in [6.45, 7) is 0.338. The number of aliphatic imine (C=N–C) groups is 1.